The first-order valence-electron chi connectivity index (χ1n) is 7.49. The van der Waals surface area contributed by atoms with Gasteiger partial charge < -0.3 is 20.1 Å². The lowest BCUT2D eigenvalue weighted by Crippen LogP contribution is -2.35. The van der Waals surface area contributed by atoms with Crippen LogP contribution in [0.5, 0.6) is 0 Å². The summed E-state index contributed by atoms with van der Waals surface area (Å²) in [7, 11) is 0. The highest BCUT2D eigenvalue weighted by Gasteiger charge is 2.21. The molecule has 0 aromatic heterocycles. The summed E-state index contributed by atoms with van der Waals surface area (Å²) in [5.74, 6) is 0.704. The van der Waals surface area contributed by atoms with Crippen molar-refractivity contribution in [2.45, 2.75) is 44.8 Å². The lowest BCUT2D eigenvalue weighted by molar-refractivity contribution is 0.0314. The van der Waals surface area contributed by atoms with E-state index < -0.39 is 0 Å². The van der Waals surface area contributed by atoms with Gasteiger partial charge in [-0.2, -0.15) is 0 Å². The zero-order valence-corrected chi connectivity index (χ0v) is 11.6. The molecule has 0 aliphatic carbocycles. The normalized spacial score (nSPS) is 27.5. The molecule has 0 spiro atoms. The molecular weight excluding hydrogens is 228 g/mol. The molecule has 0 radical (unpaired) electrons. The number of hydrogen-bond donors (Lipinski definition) is 2. The molecule has 2 saturated heterocycles. The maximum Gasteiger partial charge on any atom is 0.0599 e. The first kappa shape index (κ1) is 14.3. The second-order valence-corrected chi connectivity index (χ2v) is 5.54. The first-order valence-corrected chi connectivity index (χ1v) is 7.49. The van der Waals surface area contributed by atoms with Crippen LogP contribution < -0.4 is 10.6 Å². The van der Waals surface area contributed by atoms with Gasteiger partial charge in [0.15, 0.2) is 0 Å². The third-order valence-corrected chi connectivity index (χ3v) is 4.10. The number of nitrogens with one attached hydrogen (secondary N) is 2. The van der Waals surface area contributed by atoms with E-state index in [9.17, 15) is 0 Å². The summed E-state index contributed by atoms with van der Waals surface area (Å²) in [5.41, 5.74) is 0. The van der Waals surface area contributed by atoms with Gasteiger partial charge in [0.05, 0.1) is 12.7 Å². The van der Waals surface area contributed by atoms with Crippen LogP contribution in [0.2, 0.25) is 0 Å². The van der Waals surface area contributed by atoms with Crippen LogP contribution in [0.4, 0.5) is 0 Å². The average molecular weight is 256 g/mol. The molecular formula is C14H28N2O2. The van der Waals surface area contributed by atoms with Crippen molar-refractivity contribution in [3.63, 3.8) is 0 Å². The Morgan fingerprint density at radius 1 is 1.33 bits per heavy atom. The Balaban J connectivity index is 1.45. The lowest BCUT2D eigenvalue weighted by Gasteiger charge is -2.23. The van der Waals surface area contributed by atoms with Gasteiger partial charge in [-0.1, -0.05) is 0 Å². The molecule has 2 aliphatic heterocycles. The second kappa shape index (κ2) is 8.10. The third-order valence-electron chi connectivity index (χ3n) is 4.10. The molecule has 2 heterocycles. The van der Waals surface area contributed by atoms with E-state index in [-0.39, 0.29) is 0 Å². The Morgan fingerprint density at radius 2 is 2.17 bits per heavy atom. The Kier molecular flexibility index (Phi) is 6.41. The number of hydrogen-bond acceptors (Lipinski definition) is 4. The molecule has 2 aliphatic rings. The largest absolute Gasteiger partial charge is 0.381 e. The molecule has 2 fully saturated rings. The SMILES string of the molecule is CC(NCCCOC1CCNCC1)C1CCOC1. The Bertz CT molecular complexity index is 214. The van der Waals surface area contributed by atoms with Crippen molar-refractivity contribution >= 4 is 0 Å². The van der Waals surface area contributed by atoms with Crippen molar-refractivity contribution in [3.8, 4) is 0 Å². The summed E-state index contributed by atoms with van der Waals surface area (Å²) in [5, 5.41) is 6.95. The van der Waals surface area contributed by atoms with Crippen LogP contribution in [0.3, 0.4) is 0 Å². The molecule has 4 heteroatoms. The molecule has 0 saturated carbocycles. The van der Waals surface area contributed by atoms with Gasteiger partial charge in [-0.25, -0.2) is 0 Å². The monoisotopic (exact) mass is 256 g/mol. The van der Waals surface area contributed by atoms with Gasteiger partial charge in [0.2, 0.25) is 0 Å². The summed E-state index contributed by atoms with van der Waals surface area (Å²) in [4.78, 5) is 0. The van der Waals surface area contributed by atoms with Crippen LogP contribution >= 0.6 is 0 Å². The van der Waals surface area contributed by atoms with Crippen LogP contribution in [0.15, 0.2) is 0 Å². The summed E-state index contributed by atoms with van der Waals surface area (Å²) >= 11 is 0. The topological polar surface area (TPSA) is 42.5 Å². The standard InChI is InChI=1S/C14H28N2O2/c1-12(13-5-10-17-11-13)16-6-2-9-18-14-3-7-15-8-4-14/h12-16H,2-11H2,1H3. The van der Waals surface area contributed by atoms with E-state index in [2.05, 4.69) is 17.6 Å². The van der Waals surface area contributed by atoms with E-state index in [0.717, 1.165) is 45.9 Å². The Labute approximate surface area is 111 Å². The summed E-state index contributed by atoms with van der Waals surface area (Å²) in [6, 6.07) is 0.575. The van der Waals surface area contributed by atoms with Crippen molar-refractivity contribution in [3.05, 3.63) is 0 Å². The molecule has 2 N–H and O–H groups in total. The fraction of sp³-hybridized carbons (Fsp3) is 1.00. The van der Waals surface area contributed by atoms with Crippen molar-refractivity contribution in [2.24, 2.45) is 5.92 Å². The van der Waals surface area contributed by atoms with Gasteiger partial charge in [-0.15, -0.1) is 0 Å². The number of ether oxygens (including phenoxy) is 2. The number of piperidine rings is 1. The quantitative estimate of drug-likeness (QED) is 0.671. The molecule has 106 valence electrons. The summed E-state index contributed by atoms with van der Waals surface area (Å²) < 4.78 is 11.3. The van der Waals surface area contributed by atoms with Crippen molar-refractivity contribution in [2.75, 3.05) is 39.5 Å². The van der Waals surface area contributed by atoms with Crippen LogP contribution in [0, 0.1) is 5.92 Å². The minimum Gasteiger partial charge on any atom is -0.381 e. The Hall–Kier alpha value is -0.160. The minimum absolute atomic E-state index is 0.493. The van der Waals surface area contributed by atoms with E-state index in [1.165, 1.54) is 19.3 Å². The van der Waals surface area contributed by atoms with Crippen molar-refractivity contribution < 1.29 is 9.47 Å². The second-order valence-electron chi connectivity index (χ2n) is 5.54. The predicted molar refractivity (Wildman–Crippen MR) is 72.9 cm³/mol. The van der Waals surface area contributed by atoms with E-state index in [0.29, 0.717) is 18.1 Å². The predicted octanol–water partition coefficient (Wildman–Crippen LogP) is 1.16. The van der Waals surface area contributed by atoms with Gasteiger partial charge >= 0.3 is 0 Å². The Morgan fingerprint density at radius 3 is 2.89 bits per heavy atom. The third kappa shape index (κ3) is 4.84. The van der Waals surface area contributed by atoms with Crippen LogP contribution in [0.25, 0.3) is 0 Å². The zero-order chi connectivity index (χ0) is 12.6. The fourth-order valence-corrected chi connectivity index (χ4v) is 2.73. The fourth-order valence-electron chi connectivity index (χ4n) is 2.73. The molecule has 18 heavy (non-hydrogen) atoms. The maximum absolute atomic E-state index is 5.89. The molecule has 2 rings (SSSR count). The molecule has 0 aromatic carbocycles. The zero-order valence-electron chi connectivity index (χ0n) is 11.6. The average Bonchev–Trinajstić information content (AvgIpc) is 2.93. The van der Waals surface area contributed by atoms with Crippen molar-refractivity contribution in [1.29, 1.82) is 0 Å². The summed E-state index contributed by atoms with van der Waals surface area (Å²) in [6.07, 6.45) is 5.15. The van der Waals surface area contributed by atoms with Crippen LogP contribution in [0.1, 0.15) is 32.6 Å². The molecule has 2 unspecified atom stereocenters. The van der Waals surface area contributed by atoms with E-state index in [1.54, 1.807) is 0 Å². The molecule has 4 nitrogen and oxygen atoms in total. The molecule has 2 atom stereocenters. The van der Waals surface area contributed by atoms with E-state index in [4.69, 9.17) is 9.47 Å². The van der Waals surface area contributed by atoms with Crippen LogP contribution in [-0.4, -0.2) is 51.6 Å². The van der Waals surface area contributed by atoms with Gasteiger partial charge in [-0.3, -0.25) is 0 Å². The van der Waals surface area contributed by atoms with Gasteiger partial charge in [-0.05, 0) is 58.2 Å². The van der Waals surface area contributed by atoms with Crippen molar-refractivity contribution in [1.82, 2.24) is 10.6 Å². The van der Waals surface area contributed by atoms with Crippen LogP contribution in [-0.2, 0) is 9.47 Å². The lowest BCUT2D eigenvalue weighted by atomic mass is 10.0. The molecule has 0 amide bonds. The molecule has 0 aromatic rings. The smallest absolute Gasteiger partial charge is 0.0599 e. The van der Waals surface area contributed by atoms with Gasteiger partial charge in [0, 0.05) is 19.3 Å². The minimum atomic E-state index is 0.493. The summed E-state index contributed by atoms with van der Waals surface area (Å²) in [6.45, 7) is 8.32. The molecule has 0 bridgehead atoms. The van der Waals surface area contributed by atoms with Gasteiger partial charge in [0.1, 0.15) is 0 Å². The highest BCUT2D eigenvalue weighted by atomic mass is 16.5. The maximum atomic E-state index is 5.89. The van der Waals surface area contributed by atoms with E-state index in [1.807, 2.05) is 0 Å². The first-order chi connectivity index (χ1) is 8.86. The number of rotatable bonds is 7. The van der Waals surface area contributed by atoms with Gasteiger partial charge in [0.25, 0.3) is 0 Å². The van der Waals surface area contributed by atoms with E-state index >= 15 is 0 Å². The highest BCUT2D eigenvalue weighted by Crippen LogP contribution is 2.16. The highest BCUT2D eigenvalue weighted by molar-refractivity contribution is 4.75.